The fourth-order valence-electron chi connectivity index (χ4n) is 1.92. The Morgan fingerprint density at radius 3 is 2.81 bits per heavy atom. The lowest BCUT2D eigenvalue weighted by molar-refractivity contribution is 0.0918. The average molecular weight is 300 g/mol. The standard InChI is InChI=1S/C14H11BClN3O2/c1-8-14(13(6-15)18-19(8)9(2)20)21-12-4-10(7-17)3-11(16)5-12/h3-5H,6H2,1-2H3. The van der Waals surface area contributed by atoms with Crippen LogP contribution in [-0.2, 0) is 6.32 Å². The Morgan fingerprint density at radius 2 is 2.24 bits per heavy atom. The number of nitriles is 1. The highest BCUT2D eigenvalue weighted by molar-refractivity contribution is 6.30. The summed E-state index contributed by atoms with van der Waals surface area (Å²) < 4.78 is 6.96. The minimum absolute atomic E-state index is 0.127. The molecule has 7 heteroatoms. The number of rotatable bonds is 3. The zero-order valence-electron chi connectivity index (χ0n) is 11.6. The van der Waals surface area contributed by atoms with E-state index in [2.05, 4.69) is 5.10 Å². The summed E-state index contributed by atoms with van der Waals surface area (Å²) in [5.74, 6) is 0.555. The van der Waals surface area contributed by atoms with Gasteiger partial charge in [-0.2, -0.15) is 10.4 Å². The van der Waals surface area contributed by atoms with Gasteiger partial charge < -0.3 is 4.74 Å². The summed E-state index contributed by atoms with van der Waals surface area (Å²) in [6.45, 7) is 3.11. The van der Waals surface area contributed by atoms with Crippen LogP contribution in [0.3, 0.4) is 0 Å². The summed E-state index contributed by atoms with van der Waals surface area (Å²) in [5, 5.41) is 13.4. The molecule has 2 rings (SSSR count). The fourth-order valence-corrected chi connectivity index (χ4v) is 2.15. The maximum Gasteiger partial charge on any atom is 0.244 e. The summed E-state index contributed by atoms with van der Waals surface area (Å²) in [5.41, 5.74) is 1.38. The third-order valence-electron chi connectivity index (χ3n) is 2.84. The maximum atomic E-state index is 11.5. The van der Waals surface area contributed by atoms with Crippen LogP contribution < -0.4 is 4.74 Å². The van der Waals surface area contributed by atoms with Crippen molar-refractivity contribution in [2.24, 2.45) is 0 Å². The van der Waals surface area contributed by atoms with Gasteiger partial charge in [0.15, 0.2) is 5.75 Å². The van der Waals surface area contributed by atoms with Crippen LogP contribution in [0.15, 0.2) is 18.2 Å². The van der Waals surface area contributed by atoms with E-state index >= 15 is 0 Å². The summed E-state index contributed by atoms with van der Waals surface area (Å²) in [4.78, 5) is 11.5. The number of carbonyl (C=O) groups is 1. The highest BCUT2D eigenvalue weighted by Gasteiger charge is 2.18. The maximum absolute atomic E-state index is 11.5. The Morgan fingerprint density at radius 1 is 1.52 bits per heavy atom. The number of hydrogen-bond acceptors (Lipinski definition) is 4. The second-order valence-corrected chi connectivity index (χ2v) is 4.82. The monoisotopic (exact) mass is 299 g/mol. The van der Waals surface area contributed by atoms with Gasteiger partial charge in [-0.15, -0.1) is 0 Å². The van der Waals surface area contributed by atoms with E-state index in [9.17, 15) is 4.79 Å². The Balaban J connectivity index is 2.46. The zero-order valence-corrected chi connectivity index (χ0v) is 12.3. The first-order valence-electron chi connectivity index (χ1n) is 6.14. The average Bonchev–Trinajstić information content (AvgIpc) is 2.75. The molecule has 0 aliphatic heterocycles. The van der Waals surface area contributed by atoms with Gasteiger partial charge >= 0.3 is 0 Å². The molecule has 2 radical (unpaired) electrons. The molecule has 0 amide bonds. The largest absolute Gasteiger partial charge is 0.453 e. The molecule has 1 heterocycles. The number of carbonyl (C=O) groups excluding carboxylic acids is 1. The van der Waals surface area contributed by atoms with Crippen LogP contribution in [0.5, 0.6) is 11.5 Å². The molecule has 0 aliphatic rings. The first-order valence-corrected chi connectivity index (χ1v) is 6.52. The second-order valence-electron chi connectivity index (χ2n) is 4.39. The lowest BCUT2D eigenvalue weighted by atomic mass is 10.0. The molecule has 0 fully saturated rings. The van der Waals surface area contributed by atoms with Gasteiger partial charge in [-0.1, -0.05) is 11.6 Å². The molecule has 0 saturated heterocycles. The Labute approximate surface area is 128 Å². The van der Waals surface area contributed by atoms with Gasteiger partial charge in [-0.3, -0.25) is 4.79 Å². The molecule has 0 aliphatic carbocycles. The highest BCUT2D eigenvalue weighted by Crippen LogP contribution is 2.31. The van der Waals surface area contributed by atoms with E-state index in [1.807, 2.05) is 6.07 Å². The minimum Gasteiger partial charge on any atom is -0.453 e. The number of benzene rings is 1. The number of aromatic nitrogens is 2. The van der Waals surface area contributed by atoms with E-state index < -0.39 is 0 Å². The highest BCUT2D eigenvalue weighted by atomic mass is 35.5. The lowest BCUT2D eigenvalue weighted by Gasteiger charge is -2.07. The van der Waals surface area contributed by atoms with Crippen molar-refractivity contribution in [2.75, 3.05) is 0 Å². The van der Waals surface area contributed by atoms with Crippen LogP contribution in [0.2, 0.25) is 5.02 Å². The van der Waals surface area contributed by atoms with Crippen LogP contribution in [0, 0.1) is 18.3 Å². The summed E-state index contributed by atoms with van der Waals surface area (Å²) in [7, 11) is 5.63. The van der Waals surface area contributed by atoms with E-state index in [0.717, 1.165) is 0 Å². The van der Waals surface area contributed by atoms with Gasteiger partial charge in [0.2, 0.25) is 5.91 Å². The van der Waals surface area contributed by atoms with Gasteiger partial charge in [-0.05, 0) is 31.4 Å². The topological polar surface area (TPSA) is 67.9 Å². The third kappa shape index (κ3) is 3.09. The van der Waals surface area contributed by atoms with Gasteiger partial charge in [0.1, 0.15) is 5.75 Å². The SMILES string of the molecule is [B]Cc1nn(C(C)=O)c(C)c1Oc1cc(Cl)cc(C#N)c1. The van der Waals surface area contributed by atoms with Crippen LogP contribution in [0.1, 0.15) is 28.7 Å². The van der Waals surface area contributed by atoms with E-state index in [1.165, 1.54) is 17.7 Å². The predicted molar refractivity (Wildman–Crippen MR) is 79.0 cm³/mol. The van der Waals surface area contributed by atoms with Gasteiger partial charge in [0, 0.05) is 11.9 Å². The zero-order chi connectivity index (χ0) is 15.6. The summed E-state index contributed by atoms with van der Waals surface area (Å²) in [6.07, 6.45) is 0.127. The Bertz CT molecular complexity index is 749. The molecule has 2 aromatic rings. The van der Waals surface area contributed by atoms with Crippen LogP contribution >= 0.6 is 11.6 Å². The molecule has 0 atom stereocenters. The van der Waals surface area contributed by atoms with E-state index in [1.54, 1.807) is 19.1 Å². The first-order chi connectivity index (χ1) is 9.96. The van der Waals surface area contributed by atoms with Crippen molar-refractivity contribution in [3.05, 3.63) is 40.2 Å². The molecule has 0 N–H and O–H groups in total. The van der Waals surface area contributed by atoms with Crippen LogP contribution in [-0.4, -0.2) is 23.5 Å². The van der Waals surface area contributed by atoms with Crippen molar-refractivity contribution in [1.29, 1.82) is 5.26 Å². The van der Waals surface area contributed by atoms with Gasteiger partial charge in [0.25, 0.3) is 0 Å². The van der Waals surface area contributed by atoms with E-state index in [4.69, 9.17) is 29.4 Å². The molecule has 0 spiro atoms. The van der Waals surface area contributed by atoms with Gasteiger partial charge in [0.05, 0.1) is 30.9 Å². The molecule has 104 valence electrons. The number of hydrogen-bond donors (Lipinski definition) is 0. The van der Waals surface area contributed by atoms with E-state index in [0.29, 0.717) is 33.5 Å². The molecular formula is C14H11BClN3O2. The van der Waals surface area contributed by atoms with Crippen LogP contribution in [0.4, 0.5) is 0 Å². The van der Waals surface area contributed by atoms with Crippen molar-refractivity contribution < 1.29 is 9.53 Å². The first kappa shape index (κ1) is 15.1. The quantitative estimate of drug-likeness (QED) is 0.817. The second kappa shape index (κ2) is 6.02. The number of halogens is 1. The molecule has 0 saturated carbocycles. The van der Waals surface area contributed by atoms with Crippen molar-refractivity contribution in [3.8, 4) is 17.6 Å². The molecule has 0 bridgehead atoms. The van der Waals surface area contributed by atoms with Crippen LogP contribution in [0.25, 0.3) is 0 Å². The predicted octanol–water partition coefficient (Wildman–Crippen LogP) is 2.84. The summed E-state index contributed by atoms with van der Waals surface area (Å²) >= 11 is 5.93. The Hall–Kier alpha value is -2.26. The molecule has 1 aromatic carbocycles. The van der Waals surface area contributed by atoms with Crippen molar-refractivity contribution in [2.45, 2.75) is 20.2 Å². The smallest absolute Gasteiger partial charge is 0.244 e. The molecular weight excluding hydrogens is 288 g/mol. The Kier molecular flexibility index (Phi) is 4.34. The number of nitrogens with zero attached hydrogens (tertiary/aromatic N) is 3. The molecule has 1 aromatic heterocycles. The van der Waals surface area contributed by atoms with Gasteiger partial charge in [-0.25, -0.2) is 4.68 Å². The normalized spacial score (nSPS) is 10.2. The molecule has 21 heavy (non-hydrogen) atoms. The van der Waals surface area contributed by atoms with Crippen molar-refractivity contribution in [1.82, 2.24) is 9.78 Å². The summed E-state index contributed by atoms with van der Waals surface area (Å²) in [6, 6.07) is 6.66. The lowest BCUT2D eigenvalue weighted by Crippen LogP contribution is -2.09. The van der Waals surface area contributed by atoms with Crippen molar-refractivity contribution in [3.63, 3.8) is 0 Å². The molecule has 0 unspecified atom stereocenters. The minimum atomic E-state index is -0.235. The van der Waals surface area contributed by atoms with Crippen molar-refractivity contribution >= 4 is 25.4 Å². The third-order valence-corrected chi connectivity index (χ3v) is 3.06. The van der Waals surface area contributed by atoms with E-state index in [-0.39, 0.29) is 12.2 Å². The fraction of sp³-hybridized carbons (Fsp3) is 0.214. The number of ether oxygens (including phenoxy) is 1. The molecule has 5 nitrogen and oxygen atoms in total.